The lowest BCUT2D eigenvalue weighted by atomic mass is 10.1. The van der Waals surface area contributed by atoms with E-state index in [4.69, 9.17) is 0 Å². The van der Waals surface area contributed by atoms with Gasteiger partial charge < -0.3 is 9.80 Å². The molecule has 0 unspecified atom stereocenters. The zero-order valence-corrected chi connectivity index (χ0v) is 13.0. The summed E-state index contributed by atoms with van der Waals surface area (Å²) in [6.07, 6.45) is 0. The lowest BCUT2D eigenvalue weighted by Gasteiger charge is -2.38. The predicted octanol–water partition coefficient (Wildman–Crippen LogP) is 1.92. The molecule has 110 valence electrons. The van der Waals surface area contributed by atoms with E-state index in [-0.39, 0.29) is 5.91 Å². The fourth-order valence-electron chi connectivity index (χ4n) is 2.57. The van der Waals surface area contributed by atoms with Crippen LogP contribution in [-0.2, 0) is 0 Å². The fourth-order valence-corrected chi connectivity index (χ4v) is 2.57. The van der Waals surface area contributed by atoms with Crippen molar-refractivity contribution in [3.63, 3.8) is 0 Å². The first kappa shape index (κ1) is 14.9. The van der Waals surface area contributed by atoms with Crippen LogP contribution in [0.4, 0.5) is 5.69 Å². The fraction of sp³-hybridized carbons (Fsp3) is 0.562. The number of hydrogen-bond donors (Lipinski definition) is 0. The summed E-state index contributed by atoms with van der Waals surface area (Å²) in [6, 6.07) is 8.58. The van der Waals surface area contributed by atoms with Gasteiger partial charge in [0.25, 0.3) is 5.91 Å². The van der Waals surface area contributed by atoms with Crippen LogP contribution in [0.25, 0.3) is 0 Å². The van der Waals surface area contributed by atoms with E-state index >= 15 is 0 Å². The zero-order chi connectivity index (χ0) is 14.7. The van der Waals surface area contributed by atoms with Crippen LogP contribution in [0.2, 0.25) is 0 Å². The first-order valence-corrected chi connectivity index (χ1v) is 7.29. The summed E-state index contributed by atoms with van der Waals surface area (Å²) in [5, 5.41) is 0. The maximum atomic E-state index is 11.9. The number of carbonyl (C=O) groups is 1. The molecule has 1 aliphatic rings. The zero-order valence-electron chi connectivity index (χ0n) is 13.0. The Bertz CT molecular complexity index is 445. The number of carbonyl (C=O) groups excluding carboxylic acids is 1. The highest BCUT2D eigenvalue weighted by Crippen LogP contribution is 2.18. The summed E-state index contributed by atoms with van der Waals surface area (Å²) < 4.78 is 0. The van der Waals surface area contributed by atoms with Gasteiger partial charge in [0.1, 0.15) is 0 Å². The molecule has 0 aliphatic carbocycles. The van der Waals surface area contributed by atoms with E-state index in [1.165, 1.54) is 5.69 Å². The second-order valence-corrected chi connectivity index (χ2v) is 5.86. The van der Waals surface area contributed by atoms with Gasteiger partial charge in [-0.3, -0.25) is 9.69 Å². The van der Waals surface area contributed by atoms with Crippen molar-refractivity contribution in [2.75, 3.05) is 45.2 Å². The molecule has 0 bridgehead atoms. The molecule has 1 aliphatic heterocycles. The van der Waals surface area contributed by atoms with Gasteiger partial charge in [-0.05, 0) is 38.1 Å². The third-order valence-corrected chi connectivity index (χ3v) is 3.93. The van der Waals surface area contributed by atoms with E-state index in [9.17, 15) is 4.79 Å². The average molecular weight is 275 g/mol. The van der Waals surface area contributed by atoms with E-state index in [1.807, 2.05) is 12.1 Å². The quantitative estimate of drug-likeness (QED) is 0.843. The van der Waals surface area contributed by atoms with Crippen molar-refractivity contribution in [3.05, 3.63) is 29.8 Å². The molecule has 1 amide bonds. The third kappa shape index (κ3) is 3.31. The van der Waals surface area contributed by atoms with Gasteiger partial charge in [-0.2, -0.15) is 0 Å². The molecule has 4 nitrogen and oxygen atoms in total. The van der Waals surface area contributed by atoms with Crippen molar-refractivity contribution in [3.8, 4) is 0 Å². The largest absolute Gasteiger partial charge is 0.369 e. The van der Waals surface area contributed by atoms with E-state index in [0.717, 1.165) is 31.7 Å². The Balaban J connectivity index is 1.99. The molecule has 0 radical (unpaired) electrons. The van der Waals surface area contributed by atoms with Gasteiger partial charge in [0.15, 0.2) is 0 Å². The highest BCUT2D eigenvalue weighted by atomic mass is 16.2. The number of rotatable bonds is 3. The molecular formula is C16H25N3O. The molecule has 2 rings (SSSR count). The molecule has 20 heavy (non-hydrogen) atoms. The molecule has 0 saturated carbocycles. The molecule has 1 fully saturated rings. The Morgan fingerprint density at radius 2 is 1.60 bits per heavy atom. The van der Waals surface area contributed by atoms with Crippen LogP contribution >= 0.6 is 0 Å². The first-order valence-electron chi connectivity index (χ1n) is 7.29. The highest BCUT2D eigenvalue weighted by Gasteiger charge is 2.19. The van der Waals surface area contributed by atoms with Crippen LogP contribution < -0.4 is 4.90 Å². The number of piperazine rings is 1. The topological polar surface area (TPSA) is 26.8 Å². The van der Waals surface area contributed by atoms with Crippen molar-refractivity contribution >= 4 is 11.6 Å². The molecule has 0 atom stereocenters. The molecule has 0 spiro atoms. The molecule has 1 heterocycles. The van der Waals surface area contributed by atoms with E-state index in [0.29, 0.717) is 6.04 Å². The first-order chi connectivity index (χ1) is 9.49. The Kier molecular flexibility index (Phi) is 4.65. The van der Waals surface area contributed by atoms with Crippen molar-refractivity contribution in [1.29, 1.82) is 0 Å². The van der Waals surface area contributed by atoms with Crippen LogP contribution in [-0.4, -0.2) is 62.0 Å². The Morgan fingerprint density at radius 3 is 2.05 bits per heavy atom. The lowest BCUT2D eigenvalue weighted by Crippen LogP contribution is -2.48. The maximum absolute atomic E-state index is 11.9. The normalized spacial score (nSPS) is 16.6. The van der Waals surface area contributed by atoms with Crippen molar-refractivity contribution in [2.45, 2.75) is 19.9 Å². The highest BCUT2D eigenvalue weighted by molar-refractivity contribution is 5.94. The molecule has 4 heteroatoms. The number of hydrogen-bond acceptors (Lipinski definition) is 3. The Morgan fingerprint density at radius 1 is 1.05 bits per heavy atom. The van der Waals surface area contributed by atoms with Crippen molar-refractivity contribution in [2.24, 2.45) is 0 Å². The van der Waals surface area contributed by atoms with E-state index in [2.05, 4.69) is 35.8 Å². The molecule has 1 aromatic carbocycles. The number of nitrogens with zero attached hydrogens (tertiary/aromatic N) is 3. The second-order valence-electron chi connectivity index (χ2n) is 5.86. The van der Waals surface area contributed by atoms with Gasteiger partial charge in [-0.15, -0.1) is 0 Å². The van der Waals surface area contributed by atoms with Gasteiger partial charge in [0, 0.05) is 57.6 Å². The van der Waals surface area contributed by atoms with Crippen LogP contribution in [0.3, 0.4) is 0 Å². The van der Waals surface area contributed by atoms with Crippen LogP contribution in [0.5, 0.6) is 0 Å². The number of amides is 1. The minimum Gasteiger partial charge on any atom is -0.369 e. The predicted molar refractivity (Wildman–Crippen MR) is 83.4 cm³/mol. The van der Waals surface area contributed by atoms with Crippen LogP contribution in [0, 0.1) is 0 Å². The lowest BCUT2D eigenvalue weighted by molar-refractivity contribution is 0.0827. The molecule has 1 saturated heterocycles. The van der Waals surface area contributed by atoms with E-state index in [1.54, 1.807) is 19.0 Å². The van der Waals surface area contributed by atoms with Crippen molar-refractivity contribution in [1.82, 2.24) is 9.80 Å². The van der Waals surface area contributed by atoms with Crippen LogP contribution in [0.1, 0.15) is 24.2 Å². The Hall–Kier alpha value is -1.55. The molecular weight excluding hydrogens is 250 g/mol. The van der Waals surface area contributed by atoms with Gasteiger partial charge >= 0.3 is 0 Å². The molecule has 0 aromatic heterocycles. The molecule has 1 aromatic rings. The third-order valence-electron chi connectivity index (χ3n) is 3.93. The summed E-state index contributed by atoms with van der Waals surface area (Å²) in [4.78, 5) is 18.4. The van der Waals surface area contributed by atoms with Gasteiger partial charge in [-0.25, -0.2) is 0 Å². The van der Waals surface area contributed by atoms with Crippen molar-refractivity contribution < 1.29 is 4.79 Å². The summed E-state index contributed by atoms with van der Waals surface area (Å²) in [6.45, 7) is 8.82. The Labute approximate surface area is 122 Å². The van der Waals surface area contributed by atoms with Gasteiger partial charge in [0.05, 0.1) is 0 Å². The SMILES string of the molecule is CC(C)N1CCN(c2ccc(C(=O)N(C)C)cc2)CC1. The van der Waals surface area contributed by atoms with E-state index < -0.39 is 0 Å². The molecule has 0 N–H and O–H groups in total. The summed E-state index contributed by atoms with van der Waals surface area (Å²) in [7, 11) is 3.56. The average Bonchev–Trinajstić information content (AvgIpc) is 2.46. The summed E-state index contributed by atoms with van der Waals surface area (Å²) >= 11 is 0. The van der Waals surface area contributed by atoms with Crippen LogP contribution in [0.15, 0.2) is 24.3 Å². The summed E-state index contributed by atoms with van der Waals surface area (Å²) in [5.74, 6) is 0.0566. The number of benzene rings is 1. The van der Waals surface area contributed by atoms with Gasteiger partial charge in [-0.1, -0.05) is 0 Å². The second kappa shape index (κ2) is 6.27. The minimum absolute atomic E-state index is 0.0566. The summed E-state index contributed by atoms with van der Waals surface area (Å²) in [5.41, 5.74) is 1.96. The van der Waals surface area contributed by atoms with Gasteiger partial charge in [0.2, 0.25) is 0 Å². The standard InChI is InChI=1S/C16H25N3O/c1-13(2)18-9-11-19(12-10-18)15-7-5-14(6-8-15)16(20)17(3)4/h5-8,13H,9-12H2,1-4H3. The number of anilines is 1. The smallest absolute Gasteiger partial charge is 0.253 e. The monoisotopic (exact) mass is 275 g/mol. The maximum Gasteiger partial charge on any atom is 0.253 e. The minimum atomic E-state index is 0.0566.